The first-order valence-electron chi connectivity index (χ1n) is 8.85. The van der Waals surface area contributed by atoms with Gasteiger partial charge in [-0.15, -0.1) is 0 Å². The summed E-state index contributed by atoms with van der Waals surface area (Å²) in [5.74, 6) is 0.247. The first-order chi connectivity index (χ1) is 13.0. The van der Waals surface area contributed by atoms with Crippen LogP contribution in [0.15, 0.2) is 51.8 Å². The number of rotatable bonds is 7. The summed E-state index contributed by atoms with van der Waals surface area (Å²) >= 11 is 3.43. The highest BCUT2D eigenvalue weighted by atomic mass is 79.9. The van der Waals surface area contributed by atoms with Gasteiger partial charge in [0.05, 0.1) is 9.37 Å². The van der Waals surface area contributed by atoms with Crippen LogP contribution in [0, 0.1) is 0 Å². The van der Waals surface area contributed by atoms with Crippen molar-refractivity contribution in [2.45, 2.75) is 44.6 Å². The maximum absolute atomic E-state index is 12.3. The lowest BCUT2D eigenvalue weighted by molar-refractivity contribution is -0.118. The summed E-state index contributed by atoms with van der Waals surface area (Å²) in [5.41, 5.74) is 1.08. The van der Waals surface area contributed by atoms with E-state index in [1.54, 1.807) is 32.9 Å². The van der Waals surface area contributed by atoms with E-state index >= 15 is 0 Å². The van der Waals surface area contributed by atoms with Gasteiger partial charge in [-0.3, -0.25) is 4.79 Å². The zero-order valence-corrected chi connectivity index (χ0v) is 18.8. The molecule has 2 aromatic carbocycles. The number of ether oxygens (including phenoxy) is 1. The van der Waals surface area contributed by atoms with Crippen LogP contribution in [-0.2, 0) is 21.2 Å². The molecule has 2 N–H and O–H groups in total. The average Bonchev–Trinajstić information content (AvgIpc) is 2.59. The molecule has 2 rings (SSSR count). The van der Waals surface area contributed by atoms with Crippen LogP contribution < -0.4 is 14.8 Å². The Morgan fingerprint density at radius 3 is 2.29 bits per heavy atom. The fourth-order valence-corrected chi connectivity index (χ4v) is 4.36. The first kappa shape index (κ1) is 22.4. The molecule has 0 bridgehead atoms. The number of benzene rings is 2. The lowest BCUT2D eigenvalue weighted by Gasteiger charge is -2.20. The van der Waals surface area contributed by atoms with Gasteiger partial charge in [-0.05, 0) is 85.1 Å². The van der Waals surface area contributed by atoms with Crippen molar-refractivity contribution in [2.75, 3.05) is 11.9 Å². The molecule has 0 saturated heterocycles. The molecular formula is C20H25BrN2O4S. The van der Waals surface area contributed by atoms with Gasteiger partial charge in [0.25, 0.3) is 5.91 Å². The third kappa shape index (κ3) is 6.61. The first-order valence-corrected chi connectivity index (χ1v) is 11.1. The zero-order valence-electron chi connectivity index (χ0n) is 16.4. The predicted molar refractivity (Wildman–Crippen MR) is 114 cm³/mol. The second kappa shape index (κ2) is 9.07. The topological polar surface area (TPSA) is 84.5 Å². The maximum atomic E-state index is 12.3. The number of hydrogen-bond acceptors (Lipinski definition) is 4. The number of amides is 1. The van der Waals surface area contributed by atoms with Gasteiger partial charge in [0.1, 0.15) is 5.75 Å². The quantitative estimate of drug-likeness (QED) is 0.640. The van der Waals surface area contributed by atoms with Crippen LogP contribution in [0.4, 0.5) is 5.69 Å². The van der Waals surface area contributed by atoms with E-state index in [0.29, 0.717) is 11.4 Å². The van der Waals surface area contributed by atoms with E-state index in [1.807, 2.05) is 18.2 Å². The molecule has 2 aromatic rings. The number of halogens is 1. The third-order valence-electron chi connectivity index (χ3n) is 3.65. The summed E-state index contributed by atoms with van der Waals surface area (Å²) in [6.45, 7) is 7.22. The molecular weight excluding hydrogens is 444 g/mol. The van der Waals surface area contributed by atoms with Crippen molar-refractivity contribution in [1.82, 2.24) is 4.72 Å². The van der Waals surface area contributed by atoms with Crippen LogP contribution >= 0.6 is 15.9 Å². The van der Waals surface area contributed by atoms with Gasteiger partial charge in [0.2, 0.25) is 10.0 Å². The number of anilines is 1. The molecule has 0 spiro atoms. The van der Waals surface area contributed by atoms with Gasteiger partial charge in [-0.25, -0.2) is 13.1 Å². The van der Waals surface area contributed by atoms with Crippen LogP contribution in [0.1, 0.15) is 33.3 Å². The number of sulfonamides is 1. The van der Waals surface area contributed by atoms with Gasteiger partial charge in [-0.2, -0.15) is 0 Å². The summed E-state index contributed by atoms with van der Waals surface area (Å²) in [5, 5.41) is 2.69. The summed E-state index contributed by atoms with van der Waals surface area (Å²) < 4.78 is 33.5. The lowest BCUT2D eigenvalue weighted by Crippen LogP contribution is -2.40. The van der Waals surface area contributed by atoms with Crippen molar-refractivity contribution in [1.29, 1.82) is 0 Å². The van der Waals surface area contributed by atoms with Gasteiger partial charge in [0, 0.05) is 11.2 Å². The van der Waals surface area contributed by atoms with Gasteiger partial charge in [0.15, 0.2) is 6.61 Å². The van der Waals surface area contributed by atoms with Crippen LogP contribution in [0.2, 0.25) is 0 Å². The van der Waals surface area contributed by atoms with Crippen molar-refractivity contribution in [3.63, 3.8) is 0 Å². The molecule has 0 radical (unpaired) electrons. The van der Waals surface area contributed by atoms with E-state index < -0.39 is 15.6 Å². The average molecular weight is 469 g/mol. The van der Waals surface area contributed by atoms with Crippen LogP contribution in [0.5, 0.6) is 5.75 Å². The minimum absolute atomic E-state index is 0.136. The summed E-state index contributed by atoms with van der Waals surface area (Å²) in [6, 6.07) is 11.7. The fraction of sp³-hybridized carbons (Fsp3) is 0.350. The summed E-state index contributed by atoms with van der Waals surface area (Å²) in [6.07, 6.45) is 0.913. The Morgan fingerprint density at radius 1 is 1.11 bits per heavy atom. The second-order valence-corrected chi connectivity index (χ2v) is 9.87. The minimum atomic E-state index is -3.61. The summed E-state index contributed by atoms with van der Waals surface area (Å²) in [4.78, 5) is 12.2. The molecule has 0 aromatic heterocycles. The molecule has 0 heterocycles. The molecule has 8 heteroatoms. The van der Waals surface area contributed by atoms with Gasteiger partial charge in [-0.1, -0.05) is 13.0 Å². The Morgan fingerprint density at radius 2 is 1.75 bits per heavy atom. The lowest BCUT2D eigenvalue weighted by atomic mass is 10.1. The van der Waals surface area contributed by atoms with Gasteiger partial charge >= 0.3 is 0 Å². The van der Waals surface area contributed by atoms with Crippen LogP contribution in [0.25, 0.3) is 0 Å². The number of carbonyl (C=O) groups excluding carboxylic acids is 1. The normalized spacial score (nSPS) is 11.9. The molecule has 0 fully saturated rings. The molecule has 0 saturated carbocycles. The predicted octanol–water partition coefficient (Wildman–Crippen LogP) is 4.11. The Balaban J connectivity index is 1.96. The molecule has 1 amide bonds. The Kier molecular flexibility index (Phi) is 7.25. The molecule has 0 aliphatic carbocycles. The van der Waals surface area contributed by atoms with Crippen molar-refractivity contribution < 1.29 is 17.9 Å². The Labute approximate surface area is 174 Å². The molecule has 28 heavy (non-hydrogen) atoms. The highest BCUT2D eigenvalue weighted by molar-refractivity contribution is 9.10. The second-order valence-electron chi connectivity index (χ2n) is 7.34. The third-order valence-corrected chi connectivity index (χ3v) is 6.05. The number of aryl methyl sites for hydroxylation is 1. The number of hydrogen-bond donors (Lipinski definition) is 2. The zero-order chi connectivity index (χ0) is 20.9. The van der Waals surface area contributed by atoms with Crippen LogP contribution in [-0.4, -0.2) is 26.5 Å². The van der Waals surface area contributed by atoms with Crippen molar-refractivity contribution in [3.8, 4) is 5.75 Å². The van der Waals surface area contributed by atoms with Crippen molar-refractivity contribution in [2.24, 2.45) is 0 Å². The molecule has 0 aliphatic heterocycles. The highest BCUT2D eigenvalue weighted by Gasteiger charge is 2.21. The molecule has 6 nitrogen and oxygen atoms in total. The smallest absolute Gasteiger partial charge is 0.262 e. The van der Waals surface area contributed by atoms with E-state index in [0.717, 1.165) is 10.9 Å². The standard InChI is InChI=1S/C20H25BrN2O4S/c1-5-14-6-11-18(17(21)12-14)27-13-19(24)22-15-7-9-16(10-8-15)28(25,26)23-20(2,3)4/h6-12,23H,5,13H2,1-4H3,(H,22,24). The van der Waals surface area contributed by atoms with Crippen molar-refractivity contribution in [3.05, 3.63) is 52.5 Å². The maximum Gasteiger partial charge on any atom is 0.262 e. The van der Waals surface area contributed by atoms with E-state index in [1.165, 1.54) is 17.7 Å². The Hall–Kier alpha value is -1.90. The SMILES string of the molecule is CCc1ccc(OCC(=O)Nc2ccc(S(=O)(=O)NC(C)(C)C)cc2)c(Br)c1. The van der Waals surface area contributed by atoms with E-state index in [9.17, 15) is 13.2 Å². The highest BCUT2D eigenvalue weighted by Crippen LogP contribution is 2.26. The molecule has 152 valence electrons. The van der Waals surface area contributed by atoms with E-state index in [2.05, 4.69) is 32.9 Å². The van der Waals surface area contributed by atoms with E-state index in [-0.39, 0.29) is 17.4 Å². The number of nitrogens with one attached hydrogen (secondary N) is 2. The molecule has 0 aliphatic rings. The van der Waals surface area contributed by atoms with E-state index in [4.69, 9.17) is 4.74 Å². The summed E-state index contributed by atoms with van der Waals surface area (Å²) in [7, 11) is -3.61. The van der Waals surface area contributed by atoms with Gasteiger partial charge < -0.3 is 10.1 Å². The monoisotopic (exact) mass is 468 g/mol. The fourth-order valence-electron chi connectivity index (χ4n) is 2.40. The number of carbonyl (C=O) groups is 1. The molecule has 0 atom stereocenters. The molecule has 0 unspecified atom stereocenters. The Bertz CT molecular complexity index is 936. The largest absolute Gasteiger partial charge is 0.483 e. The van der Waals surface area contributed by atoms with Crippen LogP contribution in [0.3, 0.4) is 0 Å². The van der Waals surface area contributed by atoms with Crippen molar-refractivity contribution >= 4 is 37.5 Å². The minimum Gasteiger partial charge on any atom is -0.483 e.